The average molecular weight is 249 g/mol. The van der Waals surface area contributed by atoms with E-state index >= 15 is 0 Å². The molecule has 1 aromatic carbocycles. The smallest absolute Gasteiger partial charge is 0.119 e. The number of phenols is 2. The van der Waals surface area contributed by atoms with E-state index in [1.807, 2.05) is 0 Å². The van der Waals surface area contributed by atoms with Crippen molar-refractivity contribution < 1.29 is 10.2 Å². The molecule has 3 heteroatoms. The van der Waals surface area contributed by atoms with Crippen molar-refractivity contribution in [1.29, 1.82) is 0 Å². The SMILES string of the molecule is CC(NCC1(C)CCCC1)c1cc(O)cc(O)c1. The minimum absolute atomic E-state index is 0.116. The number of aromatic hydroxyl groups is 2. The highest BCUT2D eigenvalue weighted by Crippen LogP contribution is 2.37. The van der Waals surface area contributed by atoms with Crippen molar-refractivity contribution in [2.24, 2.45) is 5.41 Å². The van der Waals surface area contributed by atoms with Gasteiger partial charge in [-0.25, -0.2) is 0 Å². The summed E-state index contributed by atoms with van der Waals surface area (Å²) < 4.78 is 0. The maximum atomic E-state index is 9.49. The standard InChI is InChI=1S/C15H23NO2/c1-11(12-7-13(17)9-14(18)8-12)16-10-15(2)5-3-4-6-15/h7-9,11,16-18H,3-6,10H2,1-2H3. The lowest BCUT2D eigenvalue weighted by atomic mass is 9.88. The van der Waals surface area contributed by atoms with Gasteiger partial charge >= 0.3 is 0 Å². The fourth-order valence-electron chi connectivity index (χ4n) is 2.79. The summed E-state index contributed by atoms with van der Waals surface area (Å²) in [5, 5.41) is 22.5. The lowest BCUT2D eigenvalue weighted by Crippen LogP contribution is -2.31. The number of nitrogens with one attached hydrogen (secondary N) is 1. The van der Waals surface area contributed by atoms with E-state index in [4.69, 9.17) is 0 Å². The molecule has 0 radical (unpaired) electrons. The van der Waals surface area contributed by atoms with Crippen LogP contribution in [0.2, 0.25) is 0 Å². The summed E-state index contributed by atoms with van der Waals surface area (Å²) in [6.07, 6.45) is 5.25. The van der Waals surface area contributed by atoms with Gasteiger partial charge in [0.15, 0.2) is 0 Å². The van der Waals surface area contributed by atoms with Gasteiger partial charge in [-0.1, -0.05) is 19.8 Å². The van der Waals surface area contributed by atoms with Crippen LogP contribution in [-0.4, -0.2) is 16.8 Å². The van der Waals surface area contributed by atoms with Crippen molar-refractivity contribution in [2.45, 2.75) is 45.6 Å². The highest BCUT2D eigenvalue weighted by Gasteiger charge is 2.28. The zero-order valence-electron chi connectivity index (χ0n) is 11.2. The number of hydrogen-bond acceptors (Lipinski definition) is 3. The first-order chi connectivity index (χ1) is 8.48. The minimum Gasteiger partial charge on any atom is -0.508 e. The Hall–Kier alpha value is -1.22. The Bertz CT molecular complexity index is 391. The maximum Gasteiger partial charge on any atom is 0.119 e. The first-order valence-electron chi connectivity index (χ1n) is 6.75. The number of phenolic OH excluding ortho intramolecular Hbond substituents is 2. The molecule has 3 nitrogen and oxygen atoms in total. The van der Waals surface area contributed by atoms with Gasteiger partial charge in [0.05, 0.1) is 0 Å². The number of rotatable bonds is 4. The van der Waals surface area contributed by atoms with Crippen molar-refractivity contribution in [1.82, 2.24) is 5.32 Å². The molecule has 0 aliphatic heterocycles. The second-order valence-electron chi connectivity index (χ2n) is 5.90. The van der Waals surface area contributed by atoms with Crippen LogP contribution in [-0.2, 0) is 0 Å². The Morgan fingerprint density at radius 1 is 1.17 bits per heavy atom. The van der Waals surface area contributed by atoms with Gasteiger partial charge in [-0.2, -0.15) is 0 Å². The van der Waals surface area contributed by atoms with Gasteiger partial charge in [0.2, 0.25) is 0 Å². The van der Waals surface area contributed by atoms with E-state index in [0.717, 1.165) is 12.1 Å². The molecule has 100 valence electrons. The maximum absolute atomic E-state index is 9.49. The van der Waals surface area contributed by atoms with Gasteiger partial charge in [-0.05, 0) is 42.9 Å². The van der Waals surface area contributed by atoms with Crippen molar-refractivity contribution >= 4 is 0 Å². The van der Waals surface area contributed by atoms with E-state index in [-0.39, 0.29) is 17.5 Å². The Balaban J connectivity index is 1.96. The van der Waals surface area contributed by atoms with Gasteiger partial charge in [-0.3, -0.25) is 0 Å². The predicted molar refractivity (Wildman–Crippen MR) is 72.8 cm³/mol. The monoisotopic (exact) mass is 249 g/mol. The Morgan fingerprint density at radius 2 is 1.72 bits per heavy atom. The molecule has 1 aliphatic rings. The zero-order chi connectivity index (χ0) is 13.2. The van der Waals surface area contributed by atoms with Gasteiger partial charge in [0.1, 0.15) is 11.5 Å². The molecule has 0 amide bonds. The first kappa shape index (κ1) is 13.2. The van der Waals surface area contributed by atoms with Crippen LogP contribution < -0.4 is 5.32 Å². The molecule has 1 fully saturated rings. The third kappa shape index (κ3) is 3.16. The fraction of sp³-hybridized carbons (Fsp3) is 0.600. The molecule has 2 rings (SSSR count). The average Bonchev–Trinajstić information content (AvgIpc) is 2.72. The topological polar surface area (TPSA) is 52.5 Å². The second kappa shape index (κ2) is 5.19. The van der Waals surface area contributed by atoms with E-state index in [2.05, 4.69) is 19.2 Å². The molecule has 3 N–H and O–H groups in total. The van der Waals surface area contributed by atoms with Crippen LogP contribution >= 0.6 is 0 Å². The zero-order valence-corrected chi connectivity index (χ0v) is 11.2. The number of benzene rings is 1. The van der Waals surface area contributed by atoms with Crippen molar-refractivity contribution in [3.63, 3.8) is 0 Å². The summed E-state index contributed by atoms with van der Waals surface area (Å²) in [7, 11) is 0. The van der Waals surface area contributed by atoms with Gasteiger partial charge in [0.25, 0.3) is 0 Å². The molecule has 0 heterocycles. The normalized spacial score (nSPS) is 19.9. The predicted octanol–water partition coefficient (Wildman–Crippen LogP) is 3.33. The van der Waals surface area contributed by atoms with E-state index < -0.39 is 0 Å². The van der Waals surface area contributed by atoms with Crippen LogP contribution in [0.25, 0.3) is 0 Å². The lowest BCUT2D eigenvalue weighted by Gasteiger charge is -2.26. The molecule has 0 aromatic heterocycles. The molecule has 1 saturated carbocycles. The molecule has 1 aromatic rings. The van der Waals surface area contributed by atoms with Crippen LogP contribution in [0, 0.1) is 5.41 Å². The molecule has 1 atom stereocenters. The Labute approximate surface area is 109 Å². The summed E-state index contributed by atoms with van der Waals surface area (Å²) in [6.45, 7) is 5.39. The summed E-state index contributed by atoms with van der Waals surface area (Å²) in [6, 6.07) is 4.90. The quantitative estimate of drug-likeness (QED) is 0.767. The highest BCUT2D eigenvalue weighted by atomic mass is 16.3. The van der Waals surface area contributed by atoms with E-state index in [1.165, 1.54) is 31.7 Å². The van der Waals surface area contributed by atoms with Crippen LogP contribution in [0.5, 0.6) is 11.5 Å². The summed E-state index contributed by atoms with van der Waals surface area (Å²) in [5.74, 6) is 0.233. The van der Waals surface area contributed by atoms with Crippen molar-refractivity contribution in [3.05, 3.63) is 23.8 Å². The second-order valence-corrected chi connectivity index (χ2v) is 5.90. The van der Waals surface area contributed by atoms with Gasteiger partial charge < -0.3 is 15.5 Å². The number of hydrogen-bond donors (Lipinski definition) is 3. The Morgan fingerprint density at radius 3 is 2.28 bits per heavy atom. The van der Waals surface area contributed by atoms with Crippen LogP contribution in [0.1, 0.15) is 51.1 Å². The third-order valence-electron chi connectivity index (χ3n) is 4.07. The lowest BCUT2D eigenvalue weighted by molar-refractivity contribution is 0.301. The molecule has 0 bridgehead atoms. The molecule has 18 heavy (non-hydrogen) atoms. The third-order valence-corrected chi connectivity index (χ3v) is 4.07. The van der Waals surface area contributed by atoms with Gasteiger partial charge in [0, 0.05) is 18.7 Å². The summed E-state index contributed by atoms with van der Waals surface area (Å²) in [5.41, 5.74) is 1.33. The van der Waals surface area contributed by atoms with E-state index in [1.54, 1.807) is 12.1 Å². The van der Waals surface area contributed by atoms with E-state index in [9.17, 15) is 10.2 Å². The molecular weight excluding hydrogens is 226 g/mol. The molecule has 1 aliphatic carbocycles. The molecular formula is C15H23NO2. The molecule has 0 saturated heterocycles. The fourth-order valence-corrected chi connectivity index (χ4v) is 2.79. The first-order valence-corrected chi connectivity index (χ1v) is 6.75. The highest BCUT2D eigenvalue weighted by molar-refractivity contribution is 5.37. The van der Waals surface area contributed by atoms with Crippen LogP contribution in [0.4, 0.5) is 0 Å². The van der Waals surface area contributed by atoms with Crippen LogP contribution in [0.3, 0.4) is 0 Å². The van der Waals surface area contributed by atoms with Crippen molar-refractivity contribution in [3.8, 4) is 11.5 Å². The van der Waals surface area contributed by atoms with Crippen molar-refractivity contribution in [2.75, 3.05) is 6.54 Å². The molecule has 0 spiro atoms. The largest absolute Gasteiger partial charge is 0.508 e. The molecule has 1 unspecified atom stereocenters. The Kier molecular flexibility index (Phi) is 3.81. The van der Waals surface area contributed by atoms with E-state index in [0.29, 0.717) is 5.41 Å². The van der Waals surface area contributed by atoms with Crippen LogP contribution in [0.15, 0.2) is 18.2 Å². The van der Waals surface area contributed by atoms with Gasteiger partial charge in [-0.15, -0.1) is 0 Å². The summed E-state index contributed by atoms with van der Waals surface area (Å²) >= 11 is 0. The summed E-state index contributed by atoms with van der Waals surface area (Å²) in [4.78, 5) is 0. The minimum atomic E-state index is 0.116.